The minimum absolute atomic E-state index is 0.0947. The van der Waals surface area contributed by atoms with E-state index in [4.69, 9.17) is 4.98 Å². The summed E-state index contributed by atoms with van der Waals surface area (Å²) in [6.07, 6.45) is 4.89. The van der Waals surface area contributed by atoms with Gasteiger partial charge in [0.15, 0.2) is 0 Å². The van der Waals surface area contributed by atoms with Gasteiger partial charge in [0.2, 0.25) is 0 Å². The van der Waals surface area contributed by atoms with Crippen molar-refractivity contribution < 1.29 is 5.11 Å². The van der Waals surface area contributed by atoms with Gasteiger partial charge in [0.05, 0.1) is 6.61 Å². The number of aromatic nitrogens is 2. The van der Waals surface area contributed by atoms with Crippen molar-refractivity contribution in [1.82, 2.24) is 9.97 Å². The molecule has 1 aliphatic rings. The first kappa shape index (κ1) is 16.9. The second-order valence-electron chi connectivity index (χ2n) is 7.27. The molecule has 0 aliphatic carbocycles. The van der Waals surface area contributed by atoms with E-state index in [0.29, 0.717) is 5.92 Å². The third kappa shape index (κ3) is 3.75. The molecule has 3 rings (SSSR count). The van der Waals surface area contributed by atoms with Crippen LogP contribution in [0.2, 0.25) is 0 Å². The van der Waals surface area contributed by atoms with Crippen LogP contribution in [0.15, 0.2) is 42.6 Å². The molecule has 2 aromatic rings. The predicted molar refractivity (Wildman–Crippen MR) is 97.2 cm³/mol. The largest absolute Gasteiger partial charge is 0.396 e. The highest BCUT2D eigenvalue weighted by Gasteiger charge is 2.35. The van der Waals surface area contributed by atoms with Gasteiger partial charge in [0.1, 0.15) is 11.6 Å². The fourth-order valence-corrected chi connectivity index (χ4v) is 3.58. The van der Waals surface area contributed by atoms with Crippen LogP contribution in [0.25, 0.3) is 0 Å². The fraction of sp³-hybridized carbons (Fsp3) is 0.500. The summed E-state index contributed by atoms with van der Waals surface area (Å²) in [5, 5.41) is 10.2. The summed E-state index contributed by atoms with van der Waals surface area (Å²) >= 11 is 0. The van der Waals surface area contributed by atoms with Gasteiger partial charge in [-0.05, 0) is 30.9 Å². The standard InChI is InChI=1S/C20H27N3O/c1-16(2)19-21-11-9-18(22-19)23-12-6-10-20(14-23,15-24)13-17-7-4-3-5-8-17/h3-5,7-9,11,16,24H,6,10,12-15H2,1-2H3. The van der Waals surface area contributed by atoms with Crippen LogP contribution in [0.3, 0.4) is 0 Å². The molecule has 0 radical (unpaired) electrons. The molecule has 1 unspecified atom stereocenters. The number of hydrogen-bond acceptors (Lipinski definition) is 4. The molecule has 1 N–H and O–H groups in total. The number of benzene rings is 1. The Labute approximate surface area is 144 Å². The normalized spacial score (nSPS) is 21.2. The van der Waals surface area contributed by atoms with E-state index in [0.717, 1.165) is 44.0 Å². The Morgan fingerprint density at radius 2 is 2.00 bits per heavy atom. The third-order valence-corrected chi connectivity index (χ3v) is 4.92. The molecule has 0 spiro atoms. The molecule has 4 nitrogen and oxygen atoms in total. The topological polar surface area (TPSA) is 49.2 Å². The lowest BCUT2D eigenvalue weighted by molar-refractivity contribution is 0.105. The molecule has 0 saturated carbocycles. The van der Waals surface area contributed by atoms with E-state index in [1.165, 1.54) is 5.56 Å². The molecular formula is C20H27N3O. The van der Waals surface area contributed by atoms with Gasteiger partial charge in [-0.15, -0.1) is 0 Å². The van der Waals surface area contributed by atoms with Crippen LogP contribution in [0, 0.1) is 5.41 Å². The lowest BCUT2D eigenvalue weighted by atomic mass is 9.76. The molecule has 0 bridgehead atoms. The summed E-state index contributed by atoms with van der Waals surface area (Å²) < 4.78 is 0. The van der Waals surface area contributed by atoms with Crippen LogP contribution < -0.4 is 4.90 Å². The smallest absolute Gasteiger partial charge is 0.133 e. The third-order valence-electron chi connectivity index (χ3n) is 4.92. The molecule has 1 aromatic carbocycles. The van der Waals surface area contributed by atoms with E-state index in [9.17, 15) is 5.11 Å². The zero-order chi connectivity index (χ0) is 17.0. The van der Waals surface area contributed by atoms with Gasteiger partial charge in [0.25, 0.3) is 0 Å². The highest BCUT2D eigenvalue weighted by atomic mass is 16.3. The molecule has 128 valence electrons. The van der Waals surface area contributed by atoms with Crippen molar-refractivity contribution >= 4 is 5.82 Å². The molecule has 1 atom stereocenters. The minimum atomic E-state index is -0.0947. The van der Waals surface area contributed by atoms with Crippen LogP contribution in [-0.2, 0) is 6.42 Å². The zero-order valence-electron chi connectivity index (χ0n) is 14.7. The van der Waals surface area contributed by atoms with Crippen molar-refractivity contribution in [3.63, 3.8) is 0 Å². The first-order chi connectivity index (χ1) is 11.6. The average Bonchev–Trinajstić information content (AvgIpc) is 2.63. The van der Waals surface area contributed by atoms with E-state index in [1.807, 2.05) is 18.3 Å². The molecule has 24 heavy (non-hydrogen) atoms. The first-order valence-corrected chi connectivity index (χ1v) is 8.85. The Hall–Kier alpha value is -1.94. The first-order valence-electron chi connectivity index (χ1n) is 8.85. The maximum atomic E-state index is 10.2. The Morgan fingerprint density at radius 1 is 1.21 bits per heavy atom. The van der Waals surface area contributed by atoms with Crippen molar-refractivity contribution in [3.8, 4) is 0 Å². The Bertz CT molecular complexity index is 659. The molecule has 0 amide bonds. The quantitative estimate of drug-likeness (QED) is 0.915. The molecule has 1 saturated heterocycles. The van der Waals surface area contributed by atoms with Crippen LogP contribution >= 0.6 is 0 Å². The average molecular weight is 325 g/mol. The Balaban J connectivity index is 1.80. The Kier molecular flexibility index (Phi) is 5.14. The number of anilines is 1. The second-order valence-corrected chi connectivity index (χ2v) is 7.27. The number of rotatable bonds is 5. The van der Waals surface area contributed by atoms with E-state index in [2.05, 4.69) is 48.0 Å². The number of aliphatic hydroxyl groups excluding tert-OH is 1. The van der Waals surface area contributed by atoms with Crippen molar-refractivity contribution in [1.29, 1.82) is 0 Å². The van der Waals surface area contributed by atoms with Gasteiger partial charge in [-0.3, -0.25) is 0 Å². The van der Waals surface area contributed by atoms with E-state index < -0.39 is 0 Å². The van der Waals surface area contributed by atoms with Gasteiger partial charge >= 0.3 is 0 Å². The molecular weight excluding hydrogens is 298 g/mol. The van der Waals surface area contributed by atoms with Crippen molar-refractivity contribution in [2.24, 2.45) is 5.41 Å². The highest BCUT2D eigenvalue weighted by molar-refractivity contribution is 5.39. The molecule has 4 heteroatoms. The molecule has 1 fully saturated rings. The molecule has 1 aliphatic heterocycles. The summed E-state index contributed by atoms with van der Waals surface area (Å²) in [6, 6.07) is 12.5. The predicted octanol–water partition coefficient (Wildman–Crippen LogP) is 3.42. The van der Waals surface area contributed by atoms with Crippen LogP contribution in [-0.4, -0.2) is 34.8 Å². The van der Waals surface area contributed by atoms with E-state index in [1.54, 1.807) is 0 Å². The lowest BCUT2D eigenvalue weighted by Gasteiger charge is -2.42. The van der Waals surface area contributed by atoms with Crippen LogP contribution in [0.1, 0.15) is 44.0 Å². The summed E-state index contributed by atoms with van der Waals surface area (Å²) in [6.45, 7) is 6.27. The van der Waals surface area contributed by atoms with E-state index >= 15 is 0 Å². The summed E-state index contributed by atoms with van der Waals surface area (Å²) in [7, 11) is 0. The Morgan fingerprint density at radius 3 is 2.71 bits per heavy atom. The minimum Gasteiger partial charge on any atom is -0.396 e. The lowest BCUT2D eigenvalue weighted by Crippen LogP contribution is -2.47. The number of aliphatic hydroxyl groups is 1. The van der Waals surface area contributed by atoms with Gasteiger partial charge in [-0.1, -0.05) is 44.2 Å². The summed E-state index contributed by atoms with van der Waals surface area (Å²) in [5.41, 5.74) is 1.20. The van der Waals surface area contributed by atoms with Crippen molar-refractivity contribution in [2.75, 3.05) is 24.6 Å². The number of piperidine rings is 1. The summed E-state index contributed by atoms with van der Waals surface area (Å²) in [5.74, 6) is 2.19. The highest BCUT2D eigenvalue weighted by Crippen LogP contribution is 2.35. The van der Waals surface area contributed by atoms with Crippen molar-refractivity contribution in [2.45, 2.75) is 39.0 Å². The van der Waals surface area contributed by atoms with Crippen LogP contribution in [0.4, 0.5) is 5.82 Å². The van der Waals surface area contributed by atoms with Gasteiger partial charge in [-0.2, -0.15) is 0 Å². The number of hydrogen-bond donors (Lipinski definition) is 1. The fourth-order valence-electron chi connectivity index (χ4n) is 3.58. The monoisotopic (exact) mass is 325 g/mol. The van der Waals surface area contributed by atoms with Gasteiger partial charge in [-0.25, -0.2) is 9.97 Å². The molecule has 2 heterocycles. The number of nitrogens with zero attached hydrogens (tertiary/aromatic N) is 3. The maximum Gasteiger partial charge on any atom is 0.133 e. The second kappa shape index (κ2) is 7.31. The summed E-state index contributed by atoms with van der Waals surface area (Å²) in [4.78, 5) is 11.4. The van der Waals surface area contributed by atoms with Gasteiger partial charge in [0, 0.05) is 30.6 Å². The maximum absolute atomic E-state index is 10.2. The van der Waals surface area contributed by atoms with Gasteiger partial charge < -0.3 is 10.0 Å². The SMILES string of the molecule is CC(C)c1nccc(N2CCCC(CO)(Cc3ccccc3)C2)n1. The van der Waals surface area contributed by atoms with E-state index in [-0.39, 0.29) is 12.0 Å². The van der Waals surface area contributed by atoms with Crippen molar-refractivity contribution in [3.05, 3.63) is 54.0 Å². The molecule has 1 aromatic heterocycles. The zero-order valence-corrected chi connectivity index (χ0v) is 14.7. The van der Waals surface area contributed by atoms with Crippen LogP contribution in [0.5, 0.6) is 0 Å².